The van der Waals surface area contributed by atoms with Crippen LogP contribution in [0, 0.1) is 51.8 Å². The van der Waals surface area contributed by atoms with Crippen molar-refractivity contribution in [1.82, 2.24) is 0 Å². The van der Waals surface area contributed by atoms with Crippen LogP contribution in [-0.4, -0.2) is 25.3 Å². The standard InChI is InChI=1S/C24H36O3/c1-15(14-25)18-4-5-19-17-13-24(26-10-11-27-24)23-12-16(23)6-9-22(23,3)20(17)7-8-21(18,19)2/h14-20H,4-13H2,1-3H3/t15-,16-,17+,18-,19+,20+,21-,22-,23-/m1/s1. The molecule has 1 heterocycles. The van der Waals surface area contributed by atoms with Crippen molar-refractivity contribution in [2.24, 2.45) is 51.8 Å². The summed E-state index contributed by atoms with van der Waals surface area (Å²) < 4.78 is 13.1. The predicted octanol–water partition coefficient (Wildman–Crippen LogP) is 4.83. The molecule has 0 radical (unpaired) electrons. The number of carbonyl (C=O) groups is 1. The molecule has 150 valence electrons. The van der Waals surface area contributed by atoms with Crippen LogP contribution in [0.2, 0.25) is 0 Å². The molecular formula is C24H36O3. The van der Waals surface area contributed by atoms with Crippen molar-refractivity contribution in [3.05, 3.63) is 0 Å². The van der Waals surface area contributed by atoms with Crippen LogP contribution >= 0.6 is 0 Å². The number of fused-ring (bicyclic) bond motifs is 4. The first kappa shape index (κ1) is 17.4. The summed E-state index contributed by atoms with van der Waals surface area (Å²) in [5.74, 6) is 3.66. The number of aldehydes is 1. The fourth-order valence-corrected chi connectivity index (χ4v) is 10.2. The first-order valence-electron chi connectivity index (χ1n) is 11.7. The Bertz CT molecular complexity index is 669. The van der Waals surface area contributed by atoms with Crippen molar-refractivity contribution >= 4 is 6.29 Å². The van der Waals surface area contributed by atoms with E-state index >= 15 is 0 Å². The molecule has 2 spiro atoms. The van der Waals surface area contributed by atoms with E-state index in [2.05, 4.69) is 20.8 Å². The summed E-state index contributed by atoms with van der Waals surface area (Å²) in [4.78, 5) is 11.6. The van der Waals surface area contributed by atoms with Crippen LogP contribution in [-0.2, 0) is 14.3 Å². The van der Waals surface area contributed by atoms with Gasteiger partial charge in [-0.25, -0.2) is 0 Å². The highest BCUT2D eigenvalue weighted by atomic mass is 16.7. The maximum Gasteiger partial charge on any atom is 0.175 e. The maximum atomic E-state index is 11.6. The lowest BCUT2D eigenvalue weighted by atomic mass is 9.44. The van der Waals surface area contributed by atoms with E-state index in [1.165, 1.54) is 51.2 Å². The van der Waals surface area contributed by atoms with Gasteiger partial charge in [0.15, 0.2) is 5.79 Å². The van der Waals surface area contributed by atoms with E-state index in [9.17, 15) is 4.79 Å². The minimum absolute atomic E-state index is 0.203. The highest BCUT2D eigenvalue weighted by molar-refractivity contribution is 5.53. The van der Waals surface area contributed by atoms with Gasteiger partial charge in [-0.3, -0.25) is 0 Å². The average molecular weight is 373 g/mol. The lowest BCUT2D eigenvalue weighted by molar-refractivity contribution is -0.294. The summed E-state index contributed by atoms with van der Waals surface area (Å²) in [7, 11) is 0. The summed E-state index contributed by atoms with van der Waals surface area (Å²) >= 11 is 0. The van der Waals surface area contributed by atoms with Gasteiger partial charge in [-0.2, -0.15) is 0 Å². The molecule has 6 rings (SSSR count). The van der Waals surface area contributed by atoms with Crippen molar-refractivity contribution in [1.29, 1.82) is 0 Å². The molecule has 1 aliphatic heterocycles. The van der Waals surface area contributed by atoms with E-state index in [0.29, 0.717) is 22.2 Å². The van der Waals surface area contributed by atoms with Gasteiger partial charge >= 0.3 is 0 Å². The zero-order valence-electron chi connectivity index (χ0n) is 17.3. The highest BCUT2D eigenvalue weighted by Gasteiger charge is 2.83. The molecule has 0 aromatic rings. The summed E-state index contributed by atoms with van der Waals surface area (Å²) in [6, 6.07) is 0. The minimum Gasteiger partial charge on any atom is -0.347 e. The smallest absolute Gasteiger partial charge is 0.175 e. The Hall–Kier alpha value is -0.410. The molecule has 0 bridgehead atoms. The van der Waals surface area contributed by atoms with Crippen LogP contribution in [0.15, 0.2) is 0 Å². The van der Waals surface area contributed by atoms with Gasteiger partial charge in [0.25, 0.3) is 0 Å². The summed E-state index contributed by atoms with van der Waals surface area (Å²) in [6.07, 6.45) is 11.7. The monoisotopic (exact) mass is 372 g/mol. The van der Waals surface area contributed by atoms with Crippen molar-refractivity contribution in [2.75, 3.05) is 13.2 Å². The lowest BCUT2D eigenvalue weighted by Gasteiger charge is -2.63. The molecule has 5 aliphatic carbocycles. The fraction of sp³-hybridized carbons (Fsp3) is 0.958. The Balaban J connectivity index is 1.41. The van der Waals surface area contributed by atoms with Gasteiger partial charge in [0.2, 0.25) is 0 Å². The molecule has 5 saturated carbocycles. The van der Waals surface area contributed by atoms with Gasteiger partial charge in [-0.05, 0) is 85.4 Å². The average Bonchev–Trinajstić information content (AvgIpc) is 2.93. The van der Waals surface area contributed by atoms with Gasteiger partial charge < -0.3 is 14.3 Å². The fourth-order valence-electron chi connectivity index (χ4n) is 10.2. The third-order valence-corrected chi connectivity index (χ3v) is 11.3. The molecule has 9 atom stereocenters. The Morgan fingerprint density at radius 3 is 2.44 bits per heavy atom. The van der Waals surface area contributed by atoms with Crippen LogP contribution < -0.4 is 0 Å². The van der Waals surface area contributed by atoms with Gasteiger partial charge in [0.1, 0.15) is 6.29 Å². The number of carbonyl (C=O) groups excluding carboxylic acids is 1. The third kappa shape index (κ3) is 1.77. The van der Waals surface area contributed by atoms with Crippen LogP contribution in [0.1, 0.15) is 72.1 Å². The number of hydrogen-bond donors (Lipinski definition) is 0. The van der Waals surface area contributed by atoms with E-state index in [1.807, 2.05) is 0 Å². The van der Waals surface area contributed by atoms with E-state index in [0.717, 1.165) is 43.3 Å². The predicted molar refractivity (Wildman–Crippen MR) is 103 cm³/mol. The van der Waals surface area contributed by atoms with E-state index in [4.69, 9.17) is 9.47 Å². The van der Waals surface area contributed by atoms with E-state index < -0.39 is 0 Å². The zero-order chi connectivity index (χ0) is 18.7. The SMILES string of the molecule is C[C@H](C=O)[C@H]1CC[C@H]2[C@@H]3CC4(OCCO4)[C@]45C[C@H]4CC[C@]5(C)[C@H]3CC[C@]12C. The second-order valence-electron chi connectivity index (χ2n) is 11.6. The zero-order valence-corrected chi connectivity index (χ0v) is 17.3. The van der Waals surface area contributed by atoms with E-state index in [1.54, 1.807) is 0 Å². The van der Waals surface area contributed by atoms with Gasteiger partial charge in [0, 0.05) is 17.8 Å². The first-order chi connectivity index (χ1) is 12.9. The minimum atomic E-state index is -0.281. The van der Waals surface area contributed by atoms with Gasteiger partial charge in [-0.15, -0.1) is 0 Å². The van der Waals surface area contributed by atoms with Crippen LogP contribution in [0.25, 0.3) is 0 Å². The van der Waals surface area contributed by atoms with Gasteiger partial charge in [-0.1, -0.05) is 20.8 Å². The van der Waals surface area contributed by atoms with Crippen LogP contribution in [0.3, 0.4) is 0 Å². The molecule has 1 saturated heterocycles. The Morgan fingerprint density at radius 2 is 1.74 bits per heavy atom. The summed E-state index contributed by atoms with van der Waals surface area (Å²) in [5.41, 5.74) is 1.06. The quantitative estimate of drug-likeness (QED) is 0.651. The molecule has 0 aromatic carbocycles. The van der Waals surface area contributed by atoms with Crippen LogP contribution in [0.5, 0.6) is 0 Å². The Morgan fingerprint density at radius 1 is 0.963 bits per heavy atom. The summed E-state index contributed by atoms with van der Waals surface area (Å²) in [6.45, 7) is 8.87. The normalized spacial score (nSPS) is 58.3. The topological polar surface area (TPSA) is 35.5 Å². The first-order valence-corrected chi connectivity index (χ1v) is 11.7. The molecule has 0 aromatic heterocycles. The second kappa shape index (κ2) is 5.19. The molecule has 6 aliphatic rings. The van der Waals surface area contributed by atoms with Crippen molar-refractivity contribution < 1.29 is 14.3 Å². The summed E-state index contributed by atoms with van der Waals surface area (Å²) in [5, 5.41) is 0. The van der Waals surface area contributed by atoms with Crippen molar-refractivity contribution in [2.45, 2.75) is 77.9 Å². The number of ether oxygens (including phenoxy) is 2. The molecule has 3 nitrogen and oxygen atoms in total. The molecule has 0 amide bonds. The highest BCUT2D eigenvalue weighted by Crippen LogP contribution is 2.85. The molecule has 0 unspecified atom stereocenters. The molecular weight excluding hydrogens is 336 g/mol. The molecule has 6 fully saturated rings. The third-order valence-electron chi connectivity index (χ3n) is 11.3. The molecule has 3 heteroatoms. The molecule has 0 N–H and O–H groups in total. The van der Waals surface area contributed by atoms with E-state index in [-0.39, 0.29) is 11.7 Å². The van der Waals surface area contributed by atoms with Gasteiger partial charge in [0.05, 0.1) is 13.2 Å². The van der Waals surface area contributed by atoms with Crippen molar-refractivity contribution in [3.63, 3.8) is 0 Å². The largest absolute Gasteiger partial charge is 0.347 e. The Kier molecular flexibility index (Phi) is 3.36. The maximum absolute atomic E-state index is 11.6. The molecule has 27 heavy (non-hydrogen) atoms. The Labute approximate surface area is 163 Å². The number of rotatable bonds is 2. The van der Waals surface area contributed by atoms with Crippen molar-refractivity contribution in [3.8, 4) is 0 Å². The van der Waals surface area contributed by atoms with Crippen LogP contribution in [0.4, 0.5) is 0 Å². The number of hydrogen-bond acceptors (Lipinski definition) is 3. The lowest BCUT2D eigenvalue weighted by Crippen LogP contribution is -2.62. The second-order valence-corrected chi connectivity index (χ2v) is 11.6.